The second kappa shape index (κ2) is 12.0. The number of nitrogens with one attached hydrogen (secondary N) is 1. The predicted molar refractivity (Wildman–Crippen MR) is 140 cm³/mol. The molecule has 3 aromatic carbocycles. The van der Waals surface area contributed by atoms with Crippen LogP contribution < -0.4 is 19.1 Å². The molecule has 0 aliphatic rings. The molecule has 0 saturated carbocycles. The number of rotatable bonds is 11. The molecule has 9 heteroatoms. The van der Waals surface area contributed by atoms with Crippen molar-refractivity contribution in [3.63, 3.8) is 0 Å². The van der Waals surface area contributed by atoms with Gasteiger partial charge in [0.1, 0.15) is 6.54 Å². The van der Waals surface area contributed by atoms with E-state index in [1.165, 1.54) is 32.4 Å². The number of anilines is 1. The normalized spacial score (nSPS) is 11.1. The molecule has 35 heavy (non-hydrogen) atoms. The predicted octanol–water partition coefficient (Wildman–Crippen LogP) is 4.42. The van der Waals surface area contributed by atoms with Crippen molar-refractivity contribution in [3.05, 3.63) is 77.9 Å². The van der Waals surface area contributed by atoms with Crippen molar-refractivity contribution in [1.82, 2.24) is 5.32 Å². The second-order valence-electron chi connectivity index (χ2n) is 7.89. The molecule has 3 rings (SSSR count). The molecular formula is C26H30N2O5S2. The number of nitrogens with zero attached hydrogens (tertiary/aromatic N) is 1. The molecule has 0 radical (unpaired) electrons. The Bertz CT molecular complexity index is 1240. The highest BCUT2D eigenvalue weighted by Gasteiger charge is 2.28. The van der Waals surface area contributed by atoms with E-state index in [0.29, 0.717) is 23.7 Å². The van der Waals surface area contributed by atoms with Crippen LogP contribution in [0.3, 0.4) is 0 Å². The first-order valence-electron chi connectivity index (χ1n) is 11.0. The molecule has 0 atom stereocenters. The number of carbonyl (C=O) groups excluding carboxylic acids is 1. The molecule has 1 N–H and O–H groups in total. The number of methoxy groups -OCH3 is 2. The van der Waals surface area contributed by atoms with Gasteiger partial charge in [-0.1, -0.05) is 24.3 Å². The summed E-state index contributed by atoms with van der Waals surface area (Å²) in [6.45, 7) is 3.84. The van der Waals surface area contributed by atoms with Gasteiger partial charge in [-0.3, -0.25) is 9.10 Å². The average Bonchev–Trinajstić information content (AvgIpc) is 2.84. The van der Waals surface area contributed by atoms with Crippen molar-refractivity contribution in [1.29, 1.82) is 0 Å². The highest BCUT2D eigenvalue weighted by Crippen LogP contribution is 2.32. The summed E-state index contributed by atoms with van der Waals surface area (Å²) in [7, 11) is -1.16. The molecule has 0 unspecified atom stereocenters. The monoisotopic (exact) mass is 514 g/mol. The maximum Gasteiger partial charge on any atom is 0.264 e. The molecule has 7 nitrogen and oxygen atoms in total. The Morgan fingerprint density at radius 3 is 2.20 bits per heavy atom. The van der Waals surface area contributed by atoms with E-state index in [1.54, 1.807) is 23.9 Å². The number of thioether (sulfide) groups is 1. The first-order chi connectivity index (χ1) is 16.7. The largest absolute Gasteiger partial charge is 0.493 e. The van der Waals surface area contributed by atoms with E-state index >= 15 is 0 Å². The van der Waals surface area contributed by atoms with Gasteiger partial charge in [0.2, 0.25) is 5.91 Å². The molecule has 0 heterocycles. The van der Waals surface area contributed by atoms with Crippen molar-refractivity contribution in [3.8, 4) is 11.5 Å². The van der Waals surface area contributed by atoms with Crippen LogP contribution in [0.5, 0.6) is 11.5 Å². The smallest absolute Gasteiger partial charge is 0.264 e. The van der Waals surface area contributed by atoms with Crippen LogP contribution >= 0.6 is 11.8 Å². The van der Waals surface area contributed by atoms with Crippen LogP contribution in [0.4, 0.5) is 5.69 Å². The Balaban J connectivity index is 1.83. The quantitative estimate of drug-likeness (QED) is 0.301. The molecule has 0 fully saturated rings. The highest BCUT2D eigenvalue weighted by atomic mass is 32.2. The van der Waals surface area contributed by atoms with Crippen molar-refractivity contribution < 1.29 is 22.7 Å². The number of hydrogen-bond donors (Lipinski definition) is 1. The fourth-order valence-electron chi connectivity index (χ4n) is 3.58. The Morgan fingerprint density at radius 1 is 0.914 bits per heavy atom. The maximum absolute atomic E-state index is 13.7. The SMILES string of the molecule is COc1ccc(S(=O)(=O)N(CC(=O)NCCSc2ccccc2)c2cc(C)cc(C)c2)cc1OC. The summed E-state index contributed by atoms with van der Waals surface area (Å²) in [5, 5.41) is 2.84. The van der Waals surface area contributed by atoms with Gasteiger partial charge in [-0.05, 0) is 61.4 Å². The summed E-state index contributed by atoms with van der Waals surface area (Å²) in [6.07, 6.45) is 0. The number of carbonyl (C=O) groups is 1. The van der Waals surface area contributed by atoms with Gasteiger partial charge in [0, 0.05) is 23.3 Å². The van der Waals surface area contributed by atoms with E-state index in [9.17, 15) is 13.2 Å². The number of amides is 1. The van der Waals surface area contributed by atoms with Crippen LogP contribution in [0.1, 0.15) is 11.1 Å². The summed E-state index contributed by atoms with van der Waals surface area (Å²) in [4.78, 5) is 13.9. The summed E-state index contributed by atoms with van der Waals surface area (Å²) in [5.41, 5.74) is 2.21. The van der Waals surface area contributed by atoms with Crippen molar-refractivity contribution in [2.45, 2.75) is 23.6 Å². The molecule has 0 bridgehead atoms. The van der Waals surface area contributed by atoms with Crippen LogP contribution in [0.15, 0.2) is 76.5 Å². The highest BCUT2D eigenvalue weighted by molar-refractivity contribution is 7.99. The van der Waals surface area contributed by atoms with Crippen molar-refractivity contribution in [2.75, 3.05) is 37.4 Å². The van der Waals surface area contributed by atoms with Gasteiger partial charge in [0.25, 0.3) is 10.0 Å². The van der Waals surface area contributed by atoms with Crippen LogP contribution in [-0.4, -0.2) is 47.4 Å². The number of sulfonamides is 1. The van der Waals surface area contributed by atoms with E-state index in [2.05, 4.69) is 5.32 Å². The van der Waals surface area contributed by atoms with Gasteiger partial charge in [-0.25, -0.2) is 8.42 Å². The molecule has 0 saturated heterocycles. The number of benzene rings is 3. The summed E-state index contributed by atoms with van der Waals surface area (Å²) in [6, 6.07) is 19.7. The molecule has 186 valence electrons. The first-order valence-corrected chi connectivity index (χ1v) is 13.4. The molecule has 0 aromatic heterocycles. The minimum Gasteiger partial charge on any atom is -0.493 e. The van der Waals surface area contributed by atoms with Crippen LogP contribution in [0, 0.1) is 13.8 Å². The van der Waals surface area contributed by atoms with E-state index < -0.39 is 10.0 Å². The first kappa shape index (κ1) is 26.4. The zero-order valence-corrected chi connectivity index (χ0v) is 21.9. The molecular weight excluding hydrogens is 484 g/mol. The third-order valence-corrected chi connectivity index (χ3v) is 7.94. The summed E-state index contributed by atoms with van der Waals surface area (Å²) < 4.78 is 39.1. The van der Waals surface area contributed by atoms with Gasteiger partial charge in [-0.2, -0.15) is 0 Å². The Kier molecular flexibility index (Phi) is 9.06. The van der Waals surface area contributed by atoms with Crippen molar-refractivity contribution in [2.24, 2.45) is 0 Å². The number of ether oxygens (including phenoxy) is 2. The average molecular weight is 515 g/mol. The summed E-state index contributed by atoms with van der Waals surface area (Å²) in [5.74, 6) is 0.984. The minimum atomic E-state index is -4.08. The molecule has 1 amide bonds. The Hall–Kier alpha value is -3.17. The number of aryl methyl sites for hydroxylation is 2. The lowest BCUT2D eigenvalue weighted by Gasteiger charge is -2.25. The van der Waals surface area contributed by atoms with Crippen molar-refractivity contribution >= 4 is 33.4 Å². The van der Waals surface area contributed by atoms with Gasteiger partial charge in [-0.15, -0.1) is 11.8 Å². The third-order valence-electron chi connectivity index (χ3n) is 5.16. The topological polar surface area (TPSA) is 84.9 Å². The minimum absolute atomic E-state index is 0.00161. The molecule has 0 aliphatic heterocycles. The van der Waals surface area contributed by atoms with Gasteiger partial charge >= 0.3 is 0 Å². The van der Waals surface area contributed by atoms with E-state index in [1.807, 2.05) is 50.2 Å². The second-order valence-corrected chi connectivity index (χ2v) is 10.9. The standard InChI is InChI=1S/C26H30N2O5S2/c1-19-14-20(2)16-21(15-19)28(18-26(29)27-12-13-34-22-8-6-5-7-9-22)35(30,31)23-10-11-24(32-3)25(17-23)33-4/h5-11,14-17H,12-13,18H2,1-4H3,(H,27,29). The lowest BCUT2D eigenvalue weighted by atomic mass is 10.1. The van der Waals surface area contributed by atoms with Gasteiger partial charge in [0.15, 0.2) is 11.5 Å². The fourth-order valence-corrected chi connectivity index (χ4v) is 5.79. The Morgan fingerprint density at radius 2 is 1.57 bits per heavy atom. The lowest BCUT2D eigenvalue weighted by Crippen LogP contribution is -2.41. The fraction of sp³-hybridized carbons (Fsp3) is 0.269. The van der Waals surface area contributed by atoms with E-state index in [4.69, 9.17) is 9.47 Å². The number of hydrogen-bond acceptors (Lipinski definition) is 6. The molecule has 0 spiro atoms. The molecule has 0 aliphatic carbocycles. The molecule has 3 aromatic rings. The van der Waals surface area contributed by atoms with Crippen LogP contribution in [0.2, 0.25) is 0 Å². The van der Waals surface area contributed by atoms with Crippen LogP contribution in [-0.2, 0) is 14.8 Å². The van der Waals surface area contributed by atoms with Gasteiger partial charge < -0.3 is 14.8 Å². The lowest BCUT2D eigenvalue weighted by molar-refractivity contribution is -0.119. The third kappa shape index (κ3) is 6.93. The van der Waals surface area contributed by atoms with E-state index in [-0.39, 0.29) is 23.1 Å². The zero-order valence-electron chi connectivity index (χ0n) is 20.3. The maximum atomic E-state index is 13.7. The van der Waals surface area contributed by atoms with Crippen LogP contribution in [0.25, 0.3) is 0 Å². The zero-order chi connectivity index (χ0) is 25.4. The Labute approximate surface area is 211 Å². The van der Waals surface area contributed by atoms with E-state index in [0.717, 1.165) is 20.3 Å². The van der Waals surface area contributed by atoms with Gasteiger partial charge in [0.05, 0.1) is 24.8 Å². The summed E-state index contributed by atoms with van der Waals surface area (Å²) >= 11 is 1.62.